The highest BCUT2D eigenvalue weighted by atomic mass is 79.9. The molecule has 0 radical (unpaired) electrons. The lowest BCUT2D eigenvalue weighted by Gasteiger charge is -2.14. The van der Waals surface area contributed by atoms with Crippen LogP contribution in [-0.2, 0) is 16.2 Å². The van der Waals surface area contributed by atoms with Crippen LogP contribution in [0.25, 0.3) is 6.08 Å². The van der Waals surface area contributed by atoms with Gasteiger partial charge in [0.2, 0.25) is 5.91 Å². The van der Waals surface area contributed by atoms with Gasteiger partial charge in [0.25, 0.3) is 16.8 Å². The number of carbonyl (C=O) groups is 3. The number of benzene rings is 3. The molecule has 1 saturated heterocycles. The van der Waals surface area contributed by atoms with Crippen LogP contribution < -0.4 is 10.1 Å². The predicted molar refractivity (Wildman–Crippen MR) is 149 cm³/mol. The Kier molecular flexibility index (Phi) is 8.28. The summed E-state index contributed by atoms with van der Waals surface area (Å²) in [5.41, 5.74) is 3.80. The van der Waals surface area contributed by atoms with Crippen molar-refractivity contribution in [2.45, 2.75) is 20.5 Å². The summed E-state index contributed by atoms with van der Waals surface area (Å²) in [6.45, 7) is 3.54. The third kappa shape index (κ3) is 6.29. The molecular weight excluding hydrogens is 574 g/mol. The number of nitrogens with one attached hydrogen (secondary N) is 1. The molecule has 3 aromatic carbocycles. The Hall–Kier alpha value is -3.96. The van der Waals surface area contributed by atoms with Gasteiger partial charge in [0.15, 0.2) is 0 Å². The molecule has 1 fully saturated rings. The lowest BCUT2D eigenvalue weighted by atomic mass is 10.1. The molecule has 1 heterocycles. The van der Waals surface area contributed by atoms with E-state index >= 15 is 0 Å². The average Bonchev–Trinajstić information content (AvgIpc) is 3.13. The van der Waals surface area contributed by atoms with Gasteiger partial charge in [0.1, 0.15) is 18.9 Å². The number of thioether (sulfide) groups is 1. The van der Waals surface area contributed by atoms with Crippen LogP contribution in [0.1, 0.15) is 22.3 Å². The van der Waals surface area contributed by atoms with E-state index in [1.807, 2.05) is 26.0 Å². The molecule has 1 aliphatic rings. The van der Waals surface area contributed by atoms with Gasteiger partial charge in [-0.2, -0.15) is 0 Å². The molecule has 9 nitrogen and oxygen atoms in total. The van der Waals surface area contributed by atoms with E-state index in [0.29, 0.717) is 17.0 Å². The quantitative estimate of drug-likeness (QED) is 0.186. The number of non-ortho nitro benzene ring substituents is 1. The van der Waals surface area contributed by atoms with Crippen LogP contribution in [0.3, 0.4) is 0 Å². The maximum absolute atomic E-state index is 13.0. The fraction of sp³-hybridized carbons (Fsp3) is 0.148. The molecule has 0 bridgehead atoms. The van der Waals surface area contributed by atoms with Crippen LogP contribution in [0.4, 0.5) is 16.2 Å². The van der Waals surface area contributed by atoms with E-state index in [4.69, 9.17) is 4.74 Å². The van der Waals surface area contributed by atoms with Crippen molar-refractivity contribution < 1.29 is 24.0 Å². The van der Waals surface area contributed by atoms with Crippen molar-refractivity contribution in [2.75, 3.05) is 11.9 Å². The maximum atomic E-state index is 13.0. The number of nitro groups is 1. The number of hydrogen-bond donors (Lipinski definition) is 1. The smallest absolute Gasteiger partial charge is 0.294 e. The van der Waals surface area contributed by atoms with Gasteiger partial charge in [-0.1, -0.05) is 28.1 Å². The van der Waals surface area contributed by atoms with Gasteiger partial charge in [-0.15, -0.1) is 0 Å². The third-order valence-corrected chi connectivity index (χ3v) is 7.25. The van der Waals surface area contributed by atoms with Gasteiger partial charge in [0.05, 0.1) is 9.83 Å². The van der Waals surface area contributed by atoms with E-state index in [9.17, 15) is 24.5 Å². The van der Waals surface area contributed by atoms with Crippen molar-refractivity contribution in [2.24, 2.45) is 0 Å². The highest BCUT2D eigenvalue weighted by Crippen LogP contribution is 2.35. The molecule has 194 valence electrons. The van der Waals surface area contributed by atoms with Crippen molar-refractivity contribution in [3.05, 3.63) is 102 Å². The number of amides is 3. The summed E-state index contributed by atoms with van der Waals surface area (Å²) >= 11 is 4.15. The molecule has 11 heteroatoms. The lowest BCUT2D eigenvalue weighted by molar-refractivity contribution is -0.384. The van der Waals surface area contributed by atoms with E-state index in [1.165, 1.54) is 12.1 Å². The first-order valence-corrected chi connectivity index (χ1v) is 13.0. The summed E-state index contributed by atoms with van der Waals surface area (Å²) < 4.78 is 6.65. The Morgan fingerprint density at radius 1 is 1.13 bits per heavy atom. The zero-order chi connectivity index (χ0) is 27.4. The van der Waals surface area contributed by atoms with E-state index in [-0.39, 0.29) is 17.2 Å². The van der Waals surface area contributed by atoms with Crippen molar-refractivity contribution >= 4 is 62.2 Å². The molecule has 0 unspecified atom stereocenters. The first-order valence-electron chi connectivity index (χ1n) is 11.4. The van der Waals surface area contributed by atoms with Gasteiger partial charge in [-0.3, -0.25) is 29.4 Å². The maximum Gasteiger partial charge on any atom is 0.294 e. The number of carbonyl (C=O) groups excluding carboxylic acids is 3. The van der Waals surface area contributed by atoms with Crippen molar-refractivity contribution in [1.82, 2.24) is 4.90 Å². The summed E-state index contributed by atoms with van der Waals surface area (Å²) in [5, 5.41) is 13.1. The summed E-state index contributed by atoms with van der Waals surface area (Å²) in [5.74, 6) is -0.597. The molecule has 0 saturated carbocycles. The van der Waals surface area contributed by atoms with Gasteiger partial charge >= 0.3 is 0 Å². The molecule has 3 aromatic rings. The summed E-state index contributed by atoms with van der Waals surface area (Å²) in [4.78, 5) is 49.7. The Labute approximate surface area is 231 Å². The number of rotatable bonds is 8. The predicted octanol–water partition coefficient (Wildman–Crippen LogP) is 6.23. The van der Waals surface area contributed by atoms with Crippen LogP contribution >= 0.6 is 27.7 Å². The molecule has 38 heavy (non-hydrogen) atoms. The number of hydrogen-bond acceptors (Lipinski definition) is 7. The monoisotopic (exact) mass is 595 g/mol. The fourth-order valence-corrected chi connectivity index (χ4v) is 4.84. The van der Waals surface area contributed by atoms with E-state index in [1.54, 1.807) is 42.5 Å². The van der Waals surface area contributed by atoms with Crippen LogP contribution in [0, 0.1) is 24.0 Å². The van der Waals surface area contributed by atoms with Crippen LogP contribution in [0.15, 0.2) is 70.0 Å². The number of imide groups is 1. The van der Waals surface area contributed by atoms with E-state index in [0.717, 1.165) is 37.8 Å². The van der Waals surface area contributed by atoms with Crippen LogP contribution in [0.5, 0.6) is 5.75 Å². The highest BCUT2D eigenvalue weighted by Gasteiger charge is 2.36. The fourth-order valence-electron chi connectivity index (χ4n) is 3.64. The Balaban J connectivity index is 1.47. The Morgan fingerprint density at radius 3 is 2.58 bits per heavy atom. The Bertz CT molecular complexity index is 1470. The number of aryl methyl sites for hydroxylation is 1. The van der Waals surface area contributed by atoms with E-state index < -0.39 is 28.5 Å². The van der Waals surface area contributed by atoms with Gasteiger partial charge < -0.3 is 10.1 Å². The molecule has 0 spiro atoms. The number of nitrogens with zero attached hydrogens (tertiary/aromatic N) is 2. The van der Waals surface area contributed by atoms with Gasteiger partial charge in [0, 0.05) is 27.9 Å². The standard InChI is InChI=1S/C27H22BrN3O6S/c1-16-4-3-5-22(17(16)2)29-25(32)14-30-26(33)24(38-27(30)34)13-19-12-20(28)8-11-23(19)37-15-18-6-9-21(10-7-18)31(35)36/h3-13H,14-15H2,1-2H3,(H,29,32)/b24-13-. The molecule has 4 rings (SSSR count). The van der Waals surface area contributed by atoms with Crippen molar-refractivity contribution in [3.8, 4) is 5.75 Å². The summed E-state index contributed by atoms with van der Waals surface area (Å²) in [7, 11) is 0. The lowest BCUT2D eigenvalue weighted by Crippen LogP contribution is -2.36. The van der Waals surface area contributed by atoms with Crippen LogP contribution in [-0.4, -0.2) is 33.4 Å². The molecule has 1 N–H and O–H groups in total. The molecular formula is C27H22BrN3O6S. The second kappa shape index (κ2) is 11.6. The minimum absolute atomic E-state index is 0.0171. The summed E-state index contributed by atoms with van der Waals surface area (Å²) in [6.07, 6.45) is 1.55. The van der Waals surface area contributed by atoms with Crippen molar-refractivity contribution in [1.29, 1.82) is 0 Å². The number of halogens is 1. The second-order valence-corrected chi connectivity index (χ2v) is 10.4. The Morgan fingerprint density at radius 2 is 1.87 bits per heavy atom. The minimum atomic E-state index is -0.572. The van der Waals surface area contributed by atoms with E-state index in [2.05, 4.69) is 21.2 Å². The van der Waals surface area contributed by atoms with Crippen LogP contribution in [0.2, 0.25) is 0 Å². The largest absolute Gasteiger partial charge is 0.488 e. The number of ether oxygens (including phenoxy) is 1. The van der Waals surface area contributed by atoms with Crippen molar-refractivity contribution in [3.63, 3.8) is 0 Å². The SMILES string of the molecule is Cc1cccc(NC(=O)CN2C(=O)S/C(=C\c3cc(Br)ccc3OCc3ccc([N+](=O)[O-])cc3)C2=O)c1C. The number of anilines is 1. The topological polar surface area (TPSA) is 119 Å². The van der Waals surface area contributed by atoms with Gasteiger partial charge in [-0.05, 0) is 84.8 Å². The zero-order valence-electron chi connectivity index (χ0n) is 20.4. The summed E-state index contributed by atoms with van der Waals surface area (Å²) in [6, 6.07) is 16.7. The molecule has 0 atom stereocenters. The average molecular weight is 596 g/mol. The molecule has 0 aromatic heterocycles. The minimum Gasteiger partial charge on any atom is -0.488 e. The number of nitro benzene ring substituents is 1. The molecule has 0 aliphatic carbocycles. The molecule has 1 aliphatic heterocycles. The van der Waals surface area contributed by atoms with Gasteiger partial charge in [-0.25, -0.2) is 0 Å². The third-order valence-electron chi connectivity index (χ3n) is 5.85. The highest BCUT2D eigenvalue weighted by molar-refractivity contribution is 9.10. The first kappa shape index (κ1) is 27.1. The normalized spacial score (nSPS) is 14.2. The zero-order valence-corrected chi connectivity index (χ0v) is 22.8. The first-order chi connectivity index (χ1) is 18.1. The second-order valence-electron chi connectivity index (χ2n) is 8.46. The molecule has 3 amide bonds.